The Morgan fingerprint density at radius 1 is 1.15 bits per heavy atom. The fraction of sp³-hybridized carbons (Fsp3) is 0.278. The Kier molecular flexibility index (Phi) is 5.76. The molecule has 1 saturated heterocycles. The van der Waals surface area contributed by atoms with Gasteiger partial charge >= 0.3 is 0 Å². The number of piperazine rings is 1. The molecule has 0 bridgehead atoms. The van der Waals surface area contributed by atoms with Crippen LogP contribution in [0.4, 0.5) is 5.69 Å². The van der Waals surface area contributed by atoms with Crippen LogP contribution in [-0.2, 0) is 6.54 Å². The van der Waals surface area contributed by atoms with Gasteiger partial charge in [-0.3, -0.25) is 14.9 Å². The molecule has 1 heterocycles. The number of rotatable bonds is 4. The SMILES string of the molecule is O=C(c1cc([N+](=O)[O-])ccc1Cl)N1CC[NH+](Cc2cccc(Cl)c2)CC1. The zero-order valence-corrected chi connectivity index (χ0v) is 15.5. The molecule has 26 heavy (non-hydrogen) atoms. The van der Waals surface area contributed by atoms with E-state index in [1.807, 2.05) is 24.3 Å². The van der Waals surface area contributed by atoms with Crippen molar-refractivity contribution in [2.24, 2.45) is 0 Å². The molecule has 0 saturated carbocycles. The van der Waals surface area contributed by atoms with Crippen molar-refractivity contribution in [1.82, 2.24) is 4.90 Å². The second kappa shape index (κ2) is 8.03. The van der Waals surface area contributed by atoms with E-state index in [2.05, 4.69) is 0 Å². The van der Waals surface area contributed by atoms with Crippen molar-refractivity contribution in [2.75, 3.05) is 26.2 Å². The molecular formula is C18H18Cl2N3O3+. The highest BCUT2D eigenvalue weighted by Crippen LogP contribution is 2.23. The normalized spacial score (nSPS) is 15.1. The van der Waals surface area contributed by atoms with Gasteiger partial charge in [0.05, 0.1) is 41.7 Å². The van der Waals surface area contributed by atoms with Gasteiger partial charge in [0, 0.05) is 22.7 Å². The molecule has 1 aliphatic heterocycles. The predicted octanol–water partition coefficient (Wildman–Crippen LogP) is 2.44. The second-order valence-electron chi connectivity index (χ2n) is 6.27. The van der Waals surface area contributed by atoms with Crippen LogP contribution in [0.25, 0.3) is 0 Å². The van der Waals surface area contributed by atoms with Gasteiger partial charge in [0.25, 0.3) is 11.6 Å². The van der Waals surface area contributed by atoms with Crippen molar-refractivity contribution in [3.8, 4) is 0 Å². The van der Waals surface area contributed by atoms with E-state index in [0.29, 0.717) is 13.1 Å². The van der Waals surface area contributed by atoms with E-state index in [-0.39, 0.29) is 22.2 Å². The van der Waals surface area contributed by atoms with E-state index in [1.165, 1.54) is 23.1 Å². The molecule has 0 aliphatic carbocycles. The quantitative estimate of drug-likeness (QED) is 0.639. The summed E-state index contributed by atoms with van der Waals surface area (Å²) in [5.74, 6) is -0.263. The fourth-order valence-corrected chi connectivity index (χ4v) is 3.51. The molecule has 136 valence electrons. The summed E-state index contributed by atoms with van der Waals surface area (Å²) in [6.07, 6.45) is 0. The third-order valence-corrected chi connectivity index (χ3v) is 5.06. The van der Waals surface area contributed by atoms with E-state index in [0.717, 1.165) is 30.2 Å². The highest BCUT2D eigenvalue weighted by atomic mass is 35.5. The first-order chi connectivity index (χ1) is 12.4. The lowest BCUT2D eigenvalue weighted by Crippen LogP contribution is -3.13. The zero-order chi connectivity index (χ0) is 18.7. The monoisotopic (exact) mass is 394 g/mol. The largest absolute Gasteiger partial charge is 0.328 e. The Balaban J connectivity index is 1.63. The number of nitro groups is 1. The number of carbonyl (C=O) groups excluding carboxylic acids is 1. The zero-order valence-electron chi connectivity index (χ0n) is 14.0. The van der Waals surface area contributed by atoms with E-state index in [9.17, 15) is 14.9 Å². The second-order valence-corrected chi connectivity index (χ2v) is 7.11. The molecule has 6 nitrogen and oxygen atoms in total. The smallest absolute Gasteiger partial charge is 0.270 e. The summed E-state index contributed by atoms with van der Waals surface area (Å²) < 4.78 is 0. The average molecular weight is 395 g/mol. The average Bonchev–Trinajstić information content (AvgIpc) is 2.62. The van der Waals surface area contributed by atoms with Crippen molar-refractivity contribution in [2.45, 2.75) is 6.54 Å². The lowest BCUT2D eigenvalue weighted by molar-refractivity contribution is -0.917. The number of halogens is 2. The molecule has 1 aliphatic rings. The Labute approximate surface area is 161 Å². The number of non-ortho nitro benzene ring substituents is 1. The van der Waals surface area contributed by atoms with Gasteiger partial charge < -0.3 is 9.80 Å². The van der Waals surface area contributed by atoms with E-state index >= 15 is 0 Å². The number of hydrogen-bond acceptors (Lipinski definition) is 3. The molecule has 2 aromatic rings. The Morgan fingerprint density at radius 2 is 1.88 bits per heavy atom. The summed E-state index contributed by atoms with van der Waals surface area (Å²) in [6, 6.07) is 11.7. The third kappa shape index (κ3) is 4.33. The van der Waals surface area contributed by atoms with Crippen LogP contribution in [0.1, 0.15) is 15.9 Å². The van der Waals surface area contributed by atoms with E-state index < -0.39 is 4.92 Å². The first-order valence-corrected chi connectivity index (χ1v) is 9.01. The molecule has 1 N–H and O–H groups in total. The molecule has 8 heteroatoms. The minimum absolute atomic E-state index is 0.136. The number of carbonyl (C=O) groups is 1. The van der Waals surface area contributed by atoms with Gasteiger partial charge in [-0.15, -0.1) is 0 Å². The maximum Gasteiger partial charge on any atom is 0.270 e. The number of benzene rings is 2. The Morgan fingerprint density at radius 3 is 2.54 bits per heavy atom. The van der Waals surface area contributed by atoms with Crippen molar-refractivity contribution < 1.29 is 14.6 Å². The van der Waals surface area contributed by atoms with Gasteiger partial charge in [0.2, 0.25) is 0 Å². The first kappa shape index (κ1) is 18.6. The Bertz CT molecular complexity index is 836. The highest BCUT2D eigenvalue weighted by molar-refractivity contribution is 6.34. The van der Waals surface area contributed by atoms with Gasteiger partial charge in [-0.2, -0.15) is 0 Å². The number of hydrogen-bond donors (Lipinski definition) is 1. The van der Waals surface area contributed by atoms with Crippen molar-refractivity contribution >= 4 is 34.8 Å². The summed E-state index contributed by atoms with van der Waals surface area (Å²) in [5.41, 5.74) is 1.20. The summed E-state index contributed by atoms with van der Waals surface area (Å²) in [4.78, 5) is 26.2. The maximum absolute atomic E-state index is 12.7. The number of quaternary nitrogens is 1. The Hall–Kier alpha value is -2.15. The van der Waals surface area contributed by atoms with Crippen molar-refractivity contribution in [3.05, 3.63) is 73.8 Å². The number of nitrogens with zero attached hydrogens (tertiary/aromatic N) is 2. The molecule has 1 fully saturated rings. The molecule has 3 rings (SSSR count). The minimum atomic E-state index is -0.528. The van der Waals surface area contributed by atoms with Crippen LogP contribution in [0.15, 0.2) is 42.5 Å². The molecular weight excluding hydrogens is 377 g/mol. The van der Waals surface area contributed by atoms with Crippen LogP contribution in [0.5, 0.6) is 0 Å². The van der Waals surface area contributed by atoms with Crippen LogP contribution in [0.2, 0.25) is 10.0 Å². The molecule has 0 aromatic heterocycles. The molecule has 0 unspecified atom stereocenters. The predicted molar refractivity (Wildman–Crippen MR) is 99.9 cm³/mol. The maximum atomic E-state index is 12.7. The van der Waals surface area contributed by atoms with Gasteiger partial charge in [0.15, 0.2) is 0 Å². The lowest BCUT2D eigenvalue weighted by Gasteiger charge is -2.32. The van der Waals surface area contributed by atoms with E-state index in [4.69, 9.17) is 23.2 Å². The van der Waals surface area contributed by atoms with Crippen LogP contribution in [-0.4, -0.2) is 41.9 Å². The number of nitro benzene ring substituents is 1. The standard InChI is InChI=1S/C18H17Cl2N3O3/c19-14-3-1-2-13(10-14)12-21-6-8-22(9-7-21)18(24)16-11-15(23(25)26)4-5-17(16)20/h1-5,10-11H,6-9,12H2/p+1. The summed E-state index contributed by atoms with van der Waals surface area (Å²) >= 11 is 12.1. The first-order valence-electron chi connectivity index (χ1n) is 8.25. The molecule has 0 spiro atoms. The van der Waals surface area contributed by atoms with Crippen LogP contribution in [0.3, 0.4) is 0 Å². The topological polar surface area (TPSA) is 67.9 Å². The summed E-state index contributed by atoms with van der Waals surface area (Å²) in [7, 11) is 0. The fourth-order valence-electron chi connectivity index (χ4n) is 3.10. The van der Waals surface area contributed by atoms with Crippen LogP contribution < -0.4 is 4.90 Å². The molecule has 2 aromatic carbocycles. The summed E-state index contributed by atoms with van der Waals surface area (Å²) in [5, 5.41) is 11.9. The summed E-state index contributed by atoms with van der Waals surface area (Å²) in [6.45, 7) is 3.59. The van der Waals surface area contributed by atoms with Crippen LogP contribution >= 0.6 is 23.2 Å². The molecule has 0 radical (unpaired) electrons. The van der Waals surface area contributed by atoms with Crippen molar-refractivity contribution in [1.29, 1.82) is 0 Å². The van der Waals surface area contributed by atoms with Crippen molar-refractivity contribution in [3.63, 3.8) is 0 Å². The minimum Gasteiger partial charge on any atom is -0.328 e. The lowest BCUT2D eigenvalue weighted by atomic mass is 10.1. The molecule has 1 amide bonds. The molecule has 0 atom stereocenters. The van der Waals surface area contributed by atoms with Gasteiger partial charge in [-0.25, -0.2) is 0 Å². The van der Waals surface area contributed by atoms with Gasteiger partial charge in [0.1, 0.15) is 6.54 Å². The van der Waals surface area contributed by atoms with Gasteiger partial charge in [-0.1, -0.05) is 35.3 Å². The highest BCUT2D eigenvalue weighted by Gasteiger charge is 2.27. The number of amides is 1. The number of nitrogens with one attached hydrogen (secondary N) is 1. The van der Waals surface area contributed by atoms with Gasteiger partial charge in [-0.05, 0) is 18.2 Å². The third-order valence-electron chi connectivity index (χ3n) is 4.49. The van der Waals surface area contributed by atoms with E-state index in [1.54, 1.807) is 4.90 Å². The van der Waals surface area contributed by atoms with Crippen LogP contribution in [0, 0.1) is 10.1 Å².